The van der Waals surface area contributed by atoms with Gasteiger partial charge >= 0.3 is 0 Å². The van der Waals surface area contributed by atoms with Gasteiger partial charge in [-0.2, -0.15) is 0 Å². The van der Waals surface area contributed by atoms with Crippen molar-refractivity contribution in [3.63, 3.8) is 0 Å². The quantitative estimate of drug-likeness (QED) is 0.798. The Morgan fingerprint density at radius 1 is 1.47 bits per heavy atom. The van der Waals surface area contributed by atoms with Gasteiger partial charge in [0.1, 0.15) is 11.9 Å². The molecule has 80 valence electrons. The molecule has 2 heteroatoms. The van der Waals surface area contributed by atoms with Crippen molar-refractivity contribution >= 4 is 0 Å². The van der Waals surface area contributed by atoms with Gasteiger partial charge in [-0.1, -0.05) is 12.1 Å². The summed E-state index contributed by atoms with van der Waals surface area (Å²) in [6.07, 6.45) is 4.76. The molecule has 0 bridgehead atoms. The molecule has 1 fully saturated rings. The van der Waals surface area contributed by atoms with E-state index in [2.05, 4.69) is 25.1 Å². The fraction of sp³-hybridized carbons (Fsp3) is 0.538. The van der Waals surface area contributed by atoms with Gasteiger partial charge in [-0.15, -0.1) is 0 Å². The summed E-state index contributed by atoms with van der Waals surface area (Å²) in [5.74, 6) is 1.06. The second-order valence-electron chi connectivity index (χ2n) is 5.11. The van der Waals surface area contributed by atoms with E-state index in [9.17, 15) is 0 Å². The highest BCUT2D eigenvalue weighted by Gasteiger charge is 2.38. The van der Waals surface area contributed by atoms with Crippen molar-refractivity contribution in [2.45, 2.75) is 44.2 Å². The fourth-order valence-corrected chi connectivity index (χ4v) is 2.33. The van der Waals surface area contributed by atoms with Crippen LogP contribution >= 0.6 is 0 Å². The van der Waals surface area contributed by atoms with Crippen LogP contribution in [-0.4, -0.2) is 11.6 Å². The Labute approximate surface area is 90.4 Å². The monoisotopic (exact) mass is 203 g/mol. The van der Waals surface area contributed by atoms with Gasteiger partial charge < -0.3 is 10.5 Å². The minimum absolute atomic E-state index is 0.110. The van der Waals surface area contributed by atoms with Crippen molar-refractivity contribution in [1.29, 1.82) is 0 Å². The van der Waals surface area contributed by atoms with Gasteiger partial charge in [0.25, 0.3) is 0 Å². The summed E-state index contributed by atoms with van der Waals surface area (Å²) >= 11 is 0. The topological polar surface area (TPSA) is 35.2 Å². The molecule has 1 heterocycles. The number of benzene rings is 1. The van der Waals surface area contributed by atoms with Gasteiger partial charge in [0.15, 0.2) is 0 Å². The molecule has 1 aliphatic carbocycles. The summed E-state index contributed by atoms with van der Waals surface area (Å²) in [6.45, 7) is 2.12. The molecule has 0 spiro atoms. The molecule has 1 aromatic rings. The van der Waals surface area contributed by atoms with Crippen molar-refractivity contribution in [2.24, 2.45) is 5.73 Å². The van der Waals surface area contributed by atoms with Crippen LogP contribution in [0.1, 0.15) is 30.9 Å². The van der Waals surface area contributed by atoms with Gasteiger partial charge in [0.2, 0.25) is 0 Å². The Hall–Kier alpha value is -1.02. The highest BCUT2D eigenvalue weighted by molar-refractivity contribution is 5.41. The zero-order valence-electron chi connectivity index (χ0n) is 9.12. The maximum atomic E-state index is 6.12. The van der Waals surface area contributed by atoms with E-state index in [1.54, 1.807) is 0 Å². The second-order valence-corrected chi connectivity index (χ2v) is 5.11. The second kappa shape index (κ2) is 2.99. The van der Waals surface area contributed by atoms with E-state index in [0.29, 0.717) is 6.10 Å². The first-order chi connectivity index (χ1) is 7.15. The molecule has 1 aromatic carbocycles. The van der Waals surface area contributed by atoms with E-state index in [-0.39, 0.29) is 5.54 Å². The maximum absolute atomic E-state index is 6.12. The molecule has 1 atom stereocenters. The van der Waals surface area contributed by atoms with Gasteiger partial charge in [0.05, 0.1) is 0 Å². The first-order valence-electron chi connectivity index (χ1n) is 5.72. The van der Waals surface area contributed by atoms with E-state index >= 15 is 0 Å². The average Bonchev–Trinajstić information content (AvgIpc) is 2.76. The molecule has 0 saturated heterocycles. The molecule has 1 unspecified atom stereocenters. The van der Waals surface area contributed by atoms with Crippen LogP contribution < -0.4 is 10.5 Å². The van der Waals surface area contributed by atoms with Crippen molar-refractivity contribution < 1.29 is 4.74 Å². The highest BCUT2D eigenvalue weighted by atomic mass is 16.5. The van der Waals surface area contributed by atoms with Crippen LogP contribution in [0.5, 0.6) is 5.75 Å². The van der Waals surface area contributed by atoms with Gasteiger partial charge in [-0.05, 0) is 43.4 Å². The smallest absolute Gasteiger partial charge is 0.123 e. The molecule has 3 rings (SSSR count). The van der Waals surface area contributed by atoms with E-state index in [1.807, 2.05) is 0 Å². The molecular formula is C13H17NO. The van der Waals surface area contributed by atoms with Crippen LogP contribution in [-0.2, 0) is 12.8 Å². The zero-order chi connectivity index (χ0) is 10.5. The third kappa shape index (κ3) is 1.74. The molecule has 2 nitrogen and oxygen atoms in total. The van der Waals surface area contributed by atoms with E-state index < -0.39 is 0 Å². The predicted octanol–water partition coefficient (Wildman–Crippen LogP) is 2.04. The molecule has 2 N–H and O–H groups in total. The summed E-state index contributed by atoms with van der Waals surface area (Å²) in [4.78, 5) is 0. The molecule has 15 heavy (non-hydrogen) atoms. The molecule has 0 aromatic heterocycles. The fourth-order valence-electron chi connectivity index (χ4n) is 2.33. The Morgan fingerprint density at radius 2 is 2.27 bits per heavy atom. The lowest BCUT2D eigenvalue weighted by Crippen LogP contribution is -2.24. The van der Waals surface area contributed by atoms with Crippen LogP contribution in [0, 0.1) is 0 Å². The van der Waals surface area contributed by atoms with E-state index in [0.717, 1.165) is 18.6 Å². The van der Waals surface area contributed by atoms with E-state index in [1.165, 1.54) is 24.0 Å². The van der Waals surface area contributed by atoms with Crippen LogP contribution in [0.2, 0.25) is 0 Å². The van der Waals surface area contributed by atoms with Gasteiger partial charge in [-0.3, -0.25) is 0 Å². The van der Waals surface area contributed by atoms with Crippen molar-refractivity contribution in [2.75, 3.05) is 0 Å². The number of hydrogen-bond acceptors (Lipinski definition) is 2. The summed E-state index contributed by atoms with van der Waals surface area (Å²) in [5.41, 5.74) is 8.95. The Balaban J connectivity index is 1.83. The maximum Gasteiger partial charge on any atom is 0.123 e. The van der Waals surface area contributed by atoms with Crippen LogP contribution in [0.15, 0.2) is 18.2 Å². The summed E-state index contributed by atoms with van der Waals surface area (Å²) in [7, 11) is 0. The molecular weight excluding hydrogens is 186 g/mol. The van der Waals surface area contributed by atoms with Crippen LogP contribution in [0.25, 0.3) is 0 Å². The number of rotatable bonds is 2. The number of nitrogens with two attached hydrogens (primary N) is 1. The lowest BCUT2D eigenvalue weighted by atomic mass is 10.0. The molecule has 0 radical (unpaired) electrons. The first-order valence-corrected chi connectivity index (χ1v) is 5.72. The SMILES string of the molecule is CC1Cc2cc(CC3(N)CC3)ccc2O1. The Morgan fingerprint density at radius 3 is 3.00 bits per heavy atom. The first kappa shape index (κ1) is 9.22. The standard InChI is InChI=1S/C13H17NO/c1-9-6-11-7-10(2-3-12(11)15-9)8-13(14)4-5-13/h2-3,7,9H,4-6,8,14H2,1H3. The van der Waals surface area contributed by atoms with Crippen LogP contribution in [0.4, 0.5) is 0 Å². The van der Waals surface area contributed by atoms with Gasteiger partial charge in [-0.25, -0.2) is 0 Å². The molecule has 2 aliphatic rings. The summed E-state index contributed by atoms with van der Waals surface area (Å²) in [5, 5.41) is 0. The summed E-state index contributed by atoms with van der Waals surface area (Å²) in [6, 6.07) is 6.52. The Bertz CT molecular complexity index is 396. The number of hydrogen-bond donors (Lipinski definition) is 1. The lowest BCUT2D eigenvalue weighted by Gasteiger charge is -2.09. The third-order valence-electron chi connectivity index (χ3n) is 3.41. The van der Waals surface area contributed by atoms with E-state index in [4.69, 9.17) is 10.5 Å². The number of fused-ring (bicyclic) bond motifs is 1. The summed E-state index contributed by atoms with van der Waals surface area (Å²) < 4.78 is 5.68. The minimum atomic E-state index is 0.110. The molecule has 0 amide bonds. The third-order valence-corrected chi connectivity index (χ3v) is 3.41. The average molecular weight is 203 g/mol. The lowest BCUT2D eigenvalue weighted by molar-refractivity contribution is 0.254. The van der Waals surface area contributed by atoms with Crippen LogP contribution in [0.3, 0.4) is 0 Å². The number of ether oxygens (including phenoxy) is 1. The van der Waals surface area contributed by atoms with Crippen molar-refractivity contribution in [3.05, 3.63) is 29.3 Å². The van der Waals surface area contributed by atoms with Crippen molar-refractivity contribution in [3.8, 4) is 5.75 Å². The zero-order valence-corrected chi connectivity index (χ0v) is 9.12. The largest absolute Gasteiger partial charge is 0.490 e. The normalized spacial score (nSPS) is 25.9. The highest BCUT2D eigenvalue weighted by Crippen LogP contribution is 2.37. The minimum Gasteiger partial charge on any atom is -0.490 e. The van der Waals surface area contributed by atoms with Crippen molar-refractivity contribution in [1.82, 2.24) is 0 Å². The molecule has 1 aliphatic heterocycles. The Kier molecular flexibility index (Phi) is 1.84. The van der Waals surface area contributed by atoms with Gasteiger partial charge in [0, 0.05) is 12.0 Å². The predicted molar refractivity (Wildman–Crippen MR) is 60.1 cm³/mol. The molecule has 1 saturated carbocycles.